The van der Waals surface area contributed by atoms with E-state index in [1.165, 1.54) is 5.56 Å². The summed E-state index contributed by atoms with van der Waals surface area (Å²) < 4.78 is 7.18. The van der Waals surface area contributed by atoms with Crippen LogP contribution in [-0.2, 0) is 19.2 Å². The molecule has 0 aliphatic rings. The van der Waals surface area contributed by atoms with Crippen molar-refractivity contribution >= 4 is 29.9 Å². The van der Waals surface area contributed by atoms with Gasteiger partial charge in [0.1, 0.15) is 11.4 Å². The van der Waals surface area contributed by atoms with Crippen molar-refractivity contribution in [2.75, 3.05) is 20.1 Å². The Balaban J connectivity index is 0.00000364. The number of nitrogens with one attached hydrogen (secondary N) is 1. The Morgan fingerprint density at radius 2 is 2.19 bits per heavy atom. The number of aromatic nitrogens is 2. The van der Waals surface area contributed by atoms with Crippen LogP contribution in [0.3, 0.4) is 0 Å². The Morgan fingerprint density at radius 3 is 2.74 bits per heavy atom. The summed E-state index contributed by atoms with van der Waals surface area (Å²) in [5.74, 6) is 1.60. The number of aliphatic hydroxyl groups is 1. The number of aliphatic imine (C=N–C) groups is 1. The smallest absolute Gasteiger partial charge is 0.194 e. The number of guanidine groups is 1. The van der Waals surface area contributed by atoms with Crippen LogP contribution in [0, 0.1) is 0 Å². The topological polar surface area (TPSA) is 78.8 Å². The van der Waals surface area contributed by atoms with Gasteiger partial charge >= 0.3 is 0 Å². The number of halogens is 1. The molecular weight excluding hydrogens is 457 g/mol. The first-order chi connectivity index (χ1) is 12.2. The number of hydrogen-bond donors (Lipinski definition) is 2. The van der Waals surface area contributed by atoms with Gasteiger partial charge in [-0.1, -0.05) is 13.8 Å². The normalized spacial score (nSPS) is 14.0. The Morgan fingerprint density at radius 1 is 1.48 bits per heavy atom. The van der Waals surface area contributed by atoms with E-state index in [0.717, 1.165) is 18.2 Å². The SMILES string of the molecule is CCNC(=NCC(C)(O)c1ccco1)N(C)Cc1cn(C)nc1C(C)C.I. The van der Waals surface area contributed by atoms with Crippen molar-refractivity contribution in [3.8, 4) is 0 Å². The standard InChI is InChI=1S/C19H31N5O2.HI/c1-7-20-18(21-13-19(4,25)16-9-8-10-26-16)23(5)11-15-12-24(6)22-17(15)14(2)3;/h8-10,12,14,25H,7,11,13H2,1-6H3,(H,20,21);1H. The largest absolute Gasteiger partial charge is 0.466 e. The van der Waals surface area contributed by atoms with Crippen molar-refractivity contribution in [2.45, 2.75) is 45.8 Å². The van der Waals surface area contributed by atoms with Gasteiger partial charge in [0.05, 0.1) is 18.5 Å². The molecule has 27 heavy (non-hydrogen) atoms. The lowest BCUT2D eigenvalue weighted by molar-refractivity contribution is 0.0435. The highest BCUT2D eigenvalue weighted by Crippen LogP contribution is 2.22. The van der Waals surface area contributed by atoms with E-state index in [0.29, 0.717) is 18.2 Å². The quantitative estimate of drug-likeness (QED) is 0.355. The minimum atomic E-state index is -1.15. The minimum absolute atomic E-state index is 0. The van der Waals surface area contributed by atoms with Crippen LogP contribution >= 0.6 is 24.0 Å². The van der Waals surface area contributed by atoms with Crippen LogP contribution < -0.4 is 5.32 Å². The summed E-state index contributed by atoms with van der Waals surface area (Å²) in [6.07, 6.45) is 3.61. The molecule has 2 heterocycles. The number of rotatable bonds is 7. The predicted octanol–water partition coefficient (Wildman–Crippen LogP) is 3.06. The van der Waals surface area contributed by atoms with Gasteiger partial charge in [-0.05, 0) is 31.9 Å². The van der Waals surface area contributed by atoms with Crippen LogP contribution in [0.1, 0.15) is 50.6 Å². The molecule has 0 aliphatic carbocycles. The zero-order valence-electron chi connectivity index (χ0n) is 17.1. The summed E-state index contributed by atoms with van der Waals surface area (Å²) in [6.45, 7) is 9.66. The second kappa shape index (κ2) is 10.1. The van der Waals surface area contributed by atoms with E-state index in [-0.39, 0.29) is 30.5 Å². The van der Waals surface area contributed by atoms with Crippen LogP contribution in [0.2, 0.25) is 0 Å². The molecule has 8 heteroatoms. The van der Waals surface area contributed by atoms with Crippen molar-refractivity contribution in [3.63, 3.8) is 0 Å². The van der Waals surface area contributed by atoms with Crippen LogP contribution in [0.15, 0.2) is 34.0 Å². The lowest BCUT2D eigenvalue weighted by Gasteiger charge is -2.24. The molecule has 0 amide bonds. The molecule has 0 saturated carbocycles. The third-order valence-electron chi connectivity index (χ3n) is 4.18. The molecule has 0 saturated heterocycles. The average Bonchev–Trinajstić information content (AvgIpc) is 3.21. The van der Waals surface area contributed by atoms with E-state index in [2.05, 4.69) is 35.5 Å². The molecule has 7 nitrogen and oxygen atoms in total. The van der Waals surface area contributed by atoms with Gasteiger partial charge in [0.15, 0.2) is 5.96 Å². The average molecular weight is 489 g/mol. The van der Waals surface area contributed by atoms with Crippen LogP contribution in [-0.4, -0.2) is 45.9 Å². The monoisotopic (exact) mass is 489 g/mol. The first-order valence-corrected chi connectivity index (χ1v) is 9.02. The fourth-order valence-electron chi connectivity index (χ4n) is 2.85. The summed E-state index contributed by atoms with van der Waals surface area (Å²) in [5.41, 5.74) is 1.12. The van der Waals surface area contributed by atoms with Gasteiger partial charge in [-0.2, -0.15) is 5.10 Å². The van der Waals surface area contributed by atoms with E-state index >= 15 is 0 Å². The first kappa shape index (κ1) is 23.5. The molecule has 0 radical (unpaired) electrons. The highest BCUT2D eigenvalue weighted by Gasteiger charge is 2.26. The summed E-state index contributed by atoms with van der Waals surface area (Å²) >= 11 is 0. The van der Waals surface area contributed by atoms with E-state index in [1.807, 2.05) is 30.6 Å². The molecular formula is C19H32IN5O2. The molecule has 152 valence electrons. The molecule has 0 aromatic carbocycles. The Bertz CT molecular complexity index is 723. The van der Waals surface area contributed by atoms with Crippen molar-refractivity contribution in [2.24, 2.45) is 12.0 Å². The Labute approximate surface area is 178 Å². The fourth-order valence-corrected chi connectivity index (χ4v) is 2.85. The van der Waals surface area contributed by atoms with Crippen LogP contribution in [0.4, 0.5) is 0 Å². The van der Waals surface area contributed by atoms with Crippen LogP contribution in [0.25, 0.3) is 0 Å². The molecule has 0 fully saturated rings. The lowest BCUT2D eigenvalue weighted by Crippen LogP contribution is -2.40. The van der Waals surface area contributed by atoms with Gasteiger partial charge in [0.2, 0.25) is 0 Å². The van der Waals surface area contributed by atoms with Gasteiger partial charge < -0.3 is 19.7 Å². The summed E-state index contributed by atoms with van der Waals surface area (Å²) in [4.78, 5) is 6.66. The summed E-state index contributed by atoms with van der Waals surface area (Å²) in [6, 6.07) is 3.53. The minimum Gasteiger partial charge on any atom is -0.466 e. The second-order valence-electron chi connectivity index (χ2n) is 7.15. The molecule has 0 spiro atoms. The van der Waals surface area contributed by atoms with Crippen LogP contribution in [0.5, 0.6) is 0 Å². The molecule has 2 rings (SSSR count). The van der Waals surface area contributed by atoms with Gasteiger partial charge in [-0.25, -0.2) is 4.99 Å². The third-order valence-corrected chi connectivity index (χ3v) is 4.18. The first-order valence-electron chi connectivity index (χ1n) is 9.02. The fraction of sp³-hybridized carbons (Fsp3) is 0.579. The molecule has 0 aliphatic heterocycles. The summed E-state index contributed by atoms with van der Waals surface area (Å²) in [5, 5.41) is 18.5. The van der Waals surface area contributed by atoms with Gasteiger partial charge in [-0.15, -0.1) is 24.0 Å². The highest BCUT2D eigenvalue weighted by atomic mass is 127. The Hall–Kier alpha value is -1.55. The van der Waals surface area contributed by atoms with Crippen molar-refractivity contribution in [1.29, 1.82) is 0 Å². The zero-order valence-corrected chi connectivity index (χ0v) is 19.4. The predicted molar refractivity (Wildman–Crippen MR) is 118 cm³/mol. The molecule has 2 N–H and O–H groups in total. The van der Waals surface area contributed by atoms with E-state index in [9.17, 15) is 5.11 Å². The number of furan rings is 1. The number of nitrogens with zero attached hydrogens (tertiary/aromatic N) is 4. The Kier molecular flexibility index (Phi) is 8.80. The van der Waals surface area contributed by atoms with Crippen molar-refractivity contribution in [3.05, 3.63) is 41.6 Å². The molecule has 2 aromatic rings. The third kappa shape index (κ3) is 6.24. The maximum Gasteiger partial charge on any atom is 0.194 e. The van der Waals surface area contributed by atoms with Crippen molar-refractivity contribution < 1.29 is 9.52 Å². The van der Waals surface area contributed by atoms with E-state index in [1.54, 1.807) is 25.3 Å². The zero-order chi connectivity index (χ0) is 19.3. The van der Waals surface area contributed by atoms with E-state index in [4.69, 9.17) is 4.42 Å². The maximum atomic E-state index is 10.6. The van der Waals surface area contributed by atoms with Gasteiger partial charge in [0.25, 0.3) is 0 Å². The lowest BCUT2D eigenvalue weighted by atomic mass is 10.0. The van der Waals surface area contributed by atoms with Crippen molar-refractivity contribution in [1.82, 2.24) is 20.0 Å². The maximum absolute atomic E-state index is 10.6. The molecule has 1 atom stereocenters. The molecule has 1 unspecified atom stereocenters. The van der Waals surface area contributed by atoms with E-state index < -0.39 is 5.60 Å². The second-order valence-corrected chi connectivity index (χ2v) is 7.15. The number of aryl methyl sites for hydroxylation is 1. The molecule has 0 bridgehead atoms. The molecule has 2 aromatic heterocycles. The van der Waals surface area contributed by atoms with Gasteiger partial charge in [0, 0.05) is 38.9 Å². The number of hydrogen-bond acceptors (Lipinski definition) is 4. The van der Waals surface area contributed by atoms with Gasteiger partial charge in [-0.3, -0.25) is 4.68 Å². The summed E-state index contributed by atoms with van der Waals surface area (Å²) in [7, 11) is 3.93. The highest BCUT2D eigenvalue weighted by molar-refractivity contribution is 14.0.